The van der Waals surface area contributed by atoms with Crippen molar-refractivity contribution in [1.29, 1.82) is 0 Å². The van der Waals surface area contributed by atoms with Crippen molar-refractivity contribution in [2.75, 3.05) is 0 Å². The molecule has 8 heteroatoms. The van der Waals surface area contributed by atoms with Crippen molar-refractivity contribution in [2.24, 2.45) is 17.3 Å². The van der Waals surface area contributed by atoms with E-state index in [0.29, 0.717) is 0 Å². The molecule has 0 radical (unpaired) electrons. The van der Waals surface area contributed by atoms with Crippen LogP contribution in [0.25, 0.3) is 0 Å². The normalized spacial score (nSPS) is 39.0. The van der Waals surface area contributed by atoms with E-state index in [1.165, 1.54) is 0 Å². The fourth-order valence-electron chi connectivity index (χ4n) is 4.82. The fourth-order valence-corrected chi connectivity index (χ4v) is 4.82. The van der Waals surface area contributed by atoms with Gasteiger partial charge in [-0.05, 0) is 50.4 Å². The van der Waals surface area contributed by atoms with Crippen LogP contribution in [0.3, 0.4) is 0 Å². The van der Waals surface area contributed by atoms with Gasteiger partial charge in [-0.15, -0.1) is 0 Å². The van der Waals surface area contributed by atoms with Gasteiger partial charge in [0, 0.05) is 0 Å². The number of fused-ring (bicyclic) bond motifs is 1. The van der Waals surface area contributed by atoms with E-state index in [9.17, 15) is 31.4 Å². The molecule has 3 rings (SSSR count). The van der Waals surface area contributed by atoms with Gasteiger partial charge in [0.1, 0.15) is 0 Å². The highest BCUT2D eigenvalue weighted by atomic mass is 19.4. The topological polar surface area (TPSA) is 32.8 Å². The van der Waals surface area contributed by atoms with Crippen molar-refractivity contribution in [1.82, 2.24) is 0 Å². The minimum absolute atomic E-state index is 0.132. The van der Waals surface area contributed by atoms with Crippen LogP contribution in [0.15, 0.2) is 0 Å². The third-order valence-electron chi connectivity index (χ3n) is 5.88. The Morgan fingerprint density at radius 2 is 1.35 bits per heavy atom. The standard InChI is InChI=1S/C15H20F6O2/c16-14(17,18)13(15(19,20)21,8-2-1-3-10(22)6-8)9-4-5-11-12(7-9)23-11/h8-12,22H,1-7H2. The minimum Gasteiger partial charge on any atom is -0.393 e. The second kappa shape index (κ2) is 5.51. The average Bonchev–Trinajstić information content (AvgIpc) is 3.14. The SMILES string of the molecule is OC1CCCC(C(C2CCC3OC3C2)(C(F)(F)F)C(F)(F)F)C1. The first-order chi connectivity index (χ1) is 10.6. The number of ether oxygens (including phenoxy) is 1. The van der Waals surface area contributed by atoms with Crippen LogP contribution >= 0.6 is 0 Å². The number of epoxide rings is 1. The van der Waals surface area contributed by atoms with Crippen molar-refractivity contribution in [3.63, 3.8) is 0 Å². The van der Waals surface area contributed by atoms with Gasteiger partial charge < -0.3 is 9.84 Å². The van der Waals surface area contributed by atoms with E-state index in [-0.39, 0.29) is 44.6 Å². The maximum atomic E-state index is 13.9. The molecule has 134 valence electrons. The Morgan fingerprint density at radius 3 is 1.87 bits per heavy atom. The van der Waals surface area contributed by atoms with Crippen molar-refractivity contribution in [3.05, 3.63) is 0 Å². The summed E-state index contributed by atoms with van der Waals surface area (Å²) in [5.41, 5.74) is -3.74. The molecule has 1 heterocycles. The summed E-state index contributed by atoms with van der Waals surface area (Å²) in [4.78, 5) is 0. The number of rotatable bonds is 2. The minimum atomic E-state index is -5.39. The molecular weight excluding hydrogens is 326 g/mol. The first-order valence-electron chi connectivity index (χ1n) is 8.04. The Kier molecular flexibility index (Phi) is 4.15. The van der Waals surface area contributed by atoms with E-state index in [1.54, 1.807) is 0 Å². The molecule has 0 aromatic rings. The molecule has 0 spiro atoms. The average molecular weight is 346 g/mol. The lowest BCUT2D eigenvalue weighted by Gasteiger charge is -2.50. The molecule has 23 heavy (non-hydrogen) atoms. The molecule has 3 fully saturated rings. The van der Waals surface area contributed by atoms with E-state index < -0.39 is 48.2 Å². The van der Waals surface area contributed by atoms with Gasteiger partial charge in [-0.3, -0.25) is 0 Å². The summed E-state index contributed by atoms with van der Waals surface area (Å²) in [6.45, 7) is 0. The highest BCUT2D eigenvalue weighted by Crippen LogP contribution is 2.65. The van der Waals surface area contributed by atoms with Crippen LogP contribution in [0.4, 0.5) is 26.3 Å². The summed E-state index contributed by atoms with van der Waals surface area (Å²) in [6, 6.07) is 0. The van der Waals surface area contributed by atoms with Crippen LogP contribution in [0.2, 0.25) is 0 Å². The Bertz CT molecular complexity index is 424. The lowest BCUT2D eigenvalue weighted by molar-refractivity contribution is -0.382. The van der Waals surface area contributed by atoms with E-state index in [4.69, 9.17) is 4.74 Å². The molecule has 2 aliphatic carbocycles. The number of alkyl halides is 6. The molecule has 1 aliphatic heterocycles. The van der Waals surface area contributed by atoms with Gasteiger partial charge >= 0.3 is 12.4 Å². The molecule has 0 aromatic carbocycles. The molecule has 5 unspecified atom stereocenters. The maximum Gasteiger partial charge on any atom is 0.403 e. The molecule has 0 amide bonds. The first-order valence-corrected chi connectivity index (χ1v) is 8.04. The molecular formula is C15H20F6O2. The summed E-state index contributed by atoms with van der Waals surface area (Å²) in [6.07, 6.45) is -12.7. The lowest BCUT2D eigenvalue weighted by atomic mass is 9.57. The summed E-state index contributed by atoms with van der Waals surface area (Å²) >= 11 is 0. The van der Waals surface area contributed by atoms with Crippen LogP contribution in [-0.4, -0.2) is 35.8 Å². The van der Waals surface area contributed by atoms with Crippen molar-refractivity contribution in [3.8, 4) is 0 Å². The van der Waals surface area contributed by atoms with Crippen LogP contribution in [0.1, 0.15) is 44.9 Å². The van der Waals surface area contributed by atoms with Crippen molar-refractivity contribution >= 4 is 0 Å². The lowest BCUT2D eigenvalue weighted by Crippen LogP contribution is -2.61. The highest BCUT2D eigenvalue weighted by molar-refractivity contribution is 5.08. The predicted octanol–water partition coefficient (Wildman–Crippen LogP) is 4.22. The molecule has 0 aromatic heterocycles. The maximum absolute atomic E-state index is 13.9. The molecule has 0 bridgehead atoms. The second-order valence-electron chi connectivity index (χ2n) is 7.10. The van der Waals surface area contributed by atoms with E-state index in [2.05, 4.69) is 0 Å². The summed E-state index contributed by atoms with van der Waals surface area (Å²) in [5, 5.41) is 9.67. The Labute approximate surface area is 130 Å². The van der Waals surface area contributed by atoms with Gasteiger partial charge in [0.05, 0.1) is 18.3 Å². The molecule has 1 N–H and O–H groups in total. The van der Waals surface area contributed by atoms with Gasteiger partial charge in [0.25, 0.3) is 0 Å². The Balaban J connectivity index is 2.02. The smallest absolute Gasteiger partial charge is 0.393 e. The molecule has 2 saturated carbocycles. The van der Waals surface area contributed by atoms with E-state index in [1.807, 2.05) is 0 Å². The summed E-state index contributed by atoms with van der Waals surface area (Å²) in [7, 11) is 0. The van der Waals surface area contributed by atoms with E-state index >= 15 is 0 Å². The predicted molar refractivity (Wildman–Crippen MR) is 68.5 cm³/mol. The third kappa shape index (κ3) is 2.75. The van der Waals surface area contributed by atoms with Crippen LogP contribution in [-0.2, 0) is 4.74 Å². The van der Waals surface area contributed by atoms with Gasteiger partial charge in [-0.2, -0.15) is 26.3 Å². The quantitative estimate of drug-likeness (QED) is 0.600. The van der Waals surface area contributed by atoms with Gasteiger partial charge in [0.2, 0.25) is 0 Å². The summed E-state index contributed by atoms with van der Waals surface area (Å²) in [5.74, 6) is -3.15. The van der Waals surface area contributed by atoms with Gasteiger partial charge in [-0.1, -0.05) is 6.42 Å². The molecule has 3 aliphatic rings. The van der Waals surface area contributed by atoms with Crippen LogP contribution in [0, 0.1) is 17.3 Å². The summed E-state index contributed by atoms with van der Waals surface area (Å²) < 4.78 is 88.3. The van der Waals surface area contributed by atoms with E-state index in [0.717, 1.165) is 0 Å². The number of hydrogen-bond acceptors (Lipinski definition) is 2. The zero-order chi connectivity index (χ0) is 17.0. The largest absolute Gasteiger partial charge is 0.403 e. The number of aliphatic hydroxyl groups is 1. The third-order valence-corrected chi connectivity index (χ3v) is 5.88. The van der Waals surface area contributed by atoms with Crippen LogP contribution in [0.5, 0.6) is 0 Å². The zero-order valence-corrected chi connectivity index (χ0v) is 12.5. The Morgan fingerprint density at radius 1 is 0.739 bits per heavy atom. The highest BCUT2D eigenvalue weighted by Gasteiger charge is 2.77. The molecule has 1 saturated heterocycles. The first kappa shape index (κ1) is 17.3. The Hall–Kier alpha value is -0.500. The molecule has 2 nitrogen and oxygen atoms in total. The number of aliphatic hydroxyl groups excluding tert-OH is 1. The van der Waals surface area contributed by atoms with Crippen molar-refractivity contribution in [2.45, 2.75) is 75.6 Å². The monoisotopic (exact) mass is 346 g/mol. The van der Waals surface area contributed by atoms with Gasteiger partial charge in [0.15, 0.2) is 5.41 Å². The van der Waals surface area contributed by atoms with Crippen molar-refractivity contribution < 1.29 is 36.2 Å². The molecule has 5 atom stereocenters. The number of hydrogen-bond donors (Lipinski definition) is 1. The number of halogens is 6. The fraction of sp³-hybridized carbons (Fsp3) is 1.00. The van der Waals surface area contributed by atoms with Crippen LogP contribution < -0.4 is 0 Å². The second-order valence-corrected chi connectivity index (χ2v) is 7.10. The van der Waals surface area contributed by atoms with Gasteiger partial charge in [-0.25, -0.2) is 0 Å². The zero-order valence-electron chi connectivity index (χ0n) is 12.5.